The zero-order chi connectivity index (χ0) is 14.6. The minimum Gasteiger partial charge on any atom is -0.480 e. The predicted molar refractivity (Wildman–Crippen MR) is 48.7 cm³/mol. The number of rotatable bonds is 6. The van der Waals surface area contributed by atoms with Crippen LogP contribution in [0.4, 0.5) is 0 Å². The molecule has 0 aromatic rings. The van der Waals surface area contributed by atoms with Crippen molar-refractivity contribution in [3.05, 3.63) is 11.1 Å². The fourth-order valence-corrected chi connectivity index (χ4v) is 1.05. The molecule has 0 aromatic heterocycles. The Balaban J connectivity index is 6.28. The van der Waals surface area contributed by atoms with Crippen LogP contribution in [0.1, 0.15) is 0 Å². The highest BCUT2D eigenvalue weighted by molar-refractivity contribution is 6.20. The van der Waals surface area contributed by atoms with E-state index in [1.807, 2.05) is 0 Å². The van der Waals surface area contributed by atoms with Crippen molar-refractivity contribution in [2.75, 3.05) is 0 Å². The largest absolute Gasteiger partial charge is 0.480 e. The maximum Gasteiger partial charge on any atom is 0.343 e. The average Bonchev–Trinajstić information content (AvgIpc) is 2.13. The standard InChI is InChI=1S/C8H6O10/c9-4(10)1(2(5(11)12)6(13)14)3(7(15)16)8(17)18/h2H,(H,9,10)(H,11,12)(H,13,14)(H,15,16)(H,17,18). The molecule has 0 aliphatic rings. The van der Waals surface area contributed by atoms with Crippen molar-refractivity contribution in [1.29, 1.82) is 0 Å². The predicted octanol–water partition coefficient (Wildman–Crippen LogP) is -1.68. The lowest BCUT2D eigenvalue weighted by atomic mass is 9.94. The summed E-state index contributed by atoms with van der Waals surface area (Å²) < 4.78 is 0. The number of carbonyl (C=O) groups is 5. The molecule has 0 amide bonds. The molecule has 0 spiro atoms. The monoisotopic (exact) mass is 262 g/mol. The second kappa shape index (κ2) is 5.43. The Bertz CT molecular complexity index is 440. The first kappa shape index (κ1) is 15.1. The Morgan fingerprint density at radius 2 is 0.944 bits per heavy atom. The lowest BCUT2D eigenvalue weighted by Gasteiger charge is -2.10. The molecule has 0 unspecified atom stereocenters. The van der Waals surface area contributed by atoms with Crippen LogP contribution in [0.5, 0.6) is 0 Å². The molecule has 0 bridgehead atoms. The number of hydrogen-bond acceptors (Lipinski definition) is 5. The number of hydrogen-bond donors (Lipinski definition) is 5. The van der Waals surface area contributed by atoms with Crippen LogP contribution in [-0.4, -0.2) is 55.4 Å². The normalized spacial score (nSPS) is 9.61. The Hall–Kier alpha value is -2.91. The van der Waals surface area contributed by atoms with Crippen molar-refractivity contribution in [3.8, 4) is 0 Å². The van der Waals surface area contributed by atoms with Crippen LogP contribution < -0.4 is 0 Å². The SMILES string of the molecule is O=C(O)C(C(=O)O)=C(C(=O)O)C(C(=O)O)C(=O)O. The Labute approximate surface area is 97.4 Å². The smallest absolute Gasteiger partial charge is 0.343 e. The first-order chi connectivity index (χ1) is 8.11. The molecule has 0 atom stereocenters. The van der Waals surface area contributed by atoms with Crippen LogP contribution in [-0.2, 0) is 24.0 Å². The van der Waals surface area contributed by atoms with Gasteiger partial charge in [-0.1, -0.05) is 0 Å². The van der Waals surface area contributed by atoms with E-state index in [0.29, 0.717) is 0 Å². The molecule has 0 fully saturated rings. The summed E-state index contributed by atoms with van der Waals surface area (Å²) in [5.41, 5.74) is -3.56. The molecule has 5 N–H and O–H groups in total. The molecule has 0 aliphatic heterocycles. The van der Waals surface area contributed by atoms with Crippen LogP contribution in [0.2, 0.25) is 0 Å². The summed E-state index contributed by atoms with van der Waals surface area (Å²) in [7, 11) is 0. The molecule has 10 heteroatoms. The second-order valence-corrected chi connectivity index (χ2v) is 2.81. The fourth-order valence-electron chi connectivity index (χ4n) is 1.05. The molecule has 0 radical (unpaired) electrons. The van der Waals surface area contributed by atoms with E-state index in [9.17, 15) is 24.0 Å². The van der Waals surface area contributed by atoms with Crippen LogP contribution in [0, 0.1) is 5.92 Å². The molecule has 18 heavy (non-hydrogen) atoms. The van der Waals surface area contributed by atoms with Gasteiger partial charge < -0.3 is 25.5 Å². The molecule has 0 aliphatic carbocycles. The van der Waals surface area contributed by atoms with Crippen molar-refractivity contribution >= 4 is 29.8 Å². The highest BCUT2D eigenvalue weighted by Gasteiger charge is 2.40. The topological polar surface area (TPSA) is 186 Å². The first-order valence-electron chi connectivity index (χ1n) is 4.00. The van der Waals surface area contributed by atoms with Crippen LogP contribution >= 0.6 is 0 Å². The summed E-state index contributed by atoms with van der Waals surface area (Å²) >= 11 is 0. The highest BCUT2D eigenvalue weighted by Crippen LogP contribution is 2.18. The van der Waals surface area contributed by atoms with Crippen LogP contribution in [0.15, 0.2) is 11.1 Å². The van der Waals surface area contributed by atoms with E-state index >= 15 is 0 Å². The van der Waals surface area contributed by atoms with E-state index in [-0.39, 0.29) is 0 Å². The van der Waals surface area contributed by atoms with Crippen molar-refractivity contribution in [1.82, 2.24) is 0 Å². The van der Waals surface area contributed by atoms with Crippen molar-refractivity contribution in [2.24, 2.45) is 5.92 Å². The van der Waals surface area contributed by atoms with E-state index in [1.165, 1.54) is 0 Å². The molecule has 0 aromatic carbocycles. The molecular formula is C8H6O10. The minimum atomic E-state index is -2.80. The summed E-state index contributed by atoms with van der Waals surface area (Å²) in [5, 5.41) is 42.6. The molecule has 0 saturated carbocycles. The maximum absolute atomic E-state index is 10.7. The van der Waals surface area contributed by atoms with Gasteiger partial charge in [-0.2, -0.15) is 0 Å². The molecule has 0 heterocycles. The average molecular weight is 262 g/mol. The summed E-state index contributed by atoms with van der Waals surface area (Å²) in [4.78, 5) is 52.9. The summed E-state index contributed by atoms with van der Waals surface area (Å²) in [5.74, 6) is -14.0. The molecule has 98 valence electrons. The van der Waals surface area contributed by atoms with Gasteiger partial charge in [-0.15, -0.1) is 0 Å². The molecular weight excluding hydrogens is 256 g/mol. The lowest BCUT2D eigenvalue weighted by Crippen LogP contribution is -2.33. The zero-order valence-corrected chi connectivity index (χ0v) is 8.35. The maximum atomic E-state index is 10.7. The van der Waals surface area contributed by atoms with Crippen molar-refractivity contribution in [2.45, 2.75) is 0 Å². The Morgan fingerprint density at radius 1 is 0.611 bits per heavy atom. The van der Waals surface area contributed by atoms with Crippen molar-refractivity contribution < 1.29 is 49.5 Å². The number of aliphatic carboxylic acids is 5. The molecule has 10 nitrogen and oxygen atoms in total. The van der Waals surface area contributed by atoms with E-state index in [4.69, 9.17) is 25.5 Å². The molecule has 0 saturated heterocycles. The van der Waals surface area contributed by atoms with Gasteiger partial charge in [0.2, 0.25) is 0 Å². The lowest BCUT2D eigenvalue weighted by molar-refractivity contribution is -0.155. The van der Waals surface area contributed by atoms with Gasteiger partial charge in [0.25, 0.3) is 0 Å². The number of carboxylic acids is 5. The Kier molecular flexibility index (Phi) is 4.55. The van der Waals surface area contributed by atoms with Gasteiger partial charge in [0.15, 0.2) is 11.5 Å². The second-order valence-electron chi connectivity index (χ2n) is 2.81. The van der Waals surface area contributed by atoms with Gasteiger partial charge >= 0.3 is 29.8 Å². The minimum absolute atomic E-state index is 1.74. The van der Waals surface area contributed by atoms with Gasteiger partial charge in [0.05, 0.1) is 5.57 Å². The van der Waals surface area contributed by atoms with E-state index in [2.05, 4.69) is 0 Å². The first-order valence-corrected chi connectivity index (χ1v) is 4.00. The number of carboxylic acid groups (broad SMARTS) is 5. The Morgan fingerprint density at radius 3 is 1.11 bits per heavy atom. The summed E-state index contributed by atoms with van der Waals surface area (Å²) in [6.07, 6.45) is 0. The summed E-state index contributed by atoms with van der Waals surface area (Å²) in [6.45, 7) is 0. The van der Waals surface area contributed by atoms with Gasteiger partial charge in [0, 0.05) is 0 Å². The van der Waals surface area contributed by atoms with Gasteiger partial charge in [-0.25, -0.2) is 14.4 Å². The van der Waals surface area contributed by atoms with Gasteiger partial charge in [-0.3, -0.25) is 9.59 Å². The van der Waals surface area contributed by atoms with E-state index in [1.54, 1.807) is 0 Å². The molecule has 0 rings (SSSR count). The third kappa shape index (κ3) is 3.04. The fraction of sp³-hybridized carbons (Fsp3) is 0.125. The summed E-state index contributed by atoms with van der Waals surface area (Å²) in [6, 6.07) is 0. The van der Waals surface area contributed by atoms with Crippen LogP contribution in [0.25, 0.3) is 0 Å². The van der Waals surface area contributed by atoms with Gasteiger partial charge in [0.1, 0.15) is 0 Å². The van der Waals surface area contributed by atoms with E-state index in [0.717, 1.165) is 0 Å². The quantitative estimate of drug-likeness (QED) is 0.210. The van der Waals surface area contributed by atoms with Crippen LogP contribution in [0.3, 0.4) is 0 Å². The van der Waals surface area contributed by atoms with Crippen molar-refractivity contribution in [3.63, 3.8) is 0 Å². The third-order valence-electron chi connectivity index (χ3n) is 1.71. The van der Waals surface area contributed by atoms with E-state index < -0.39 is 46.9 Å². The third-order valence-corrected chi connectivity index (χ3v) is 1.71. The zero-order valence-electron chi connectivity index (χ0n) is 8.35. The highest BCUT2D eigenvalue weighted by atomic mass is 16.4. The van der Waals surface area contributed by atoms with Gasteiger partial charge in [-0.05, 0) is 0 Å².